The first-order chi connectivity index (χ1) is 12.9. The molecule has 1 saturated carbocycles. The van der Waals surface area contributed by atoms with Gasteiger partial charge in [0.05, 0.1) is 12.0 Å². The van der Waals surface area contributed by atoms with Crippen LogP contribution in [0.4, 0.5) is 14.6 Å². The first-order valence-corrected chi connectivity index (χ1v) is 9.92. The van der Waals surface area contributed by atoms with Gasteiger partial charge in [0.25, 0.3) is 6.43 Å². The first kappa shape index (κ1) is 20.0. The Morgan fingerprint density at radius 3 is 2.89 bits per heavy atom. The van der Waals surface area contributed by atoms with E-state index in [2.05, 4.69) is 22.5 Å². The topological polar surface area (TPSA) is 63.2 Å². The number of nitrogens with one attached hydrogen (secondary N) is 2. The zero-order valence-electron chi connectivity index (χ0n) is 16.0. The molecule has 3 rings (SSSR count). The molecular formula is C20H29F2N3O2. The second kappa shape index (κ2) is 8.50. The predicted molar refractivity (Wildman–Crippen MR) is 99.5 cm³/mol. The van der Waals surface area contributed by atoms with Gasteiger partial charge in [0.2, 0.25) is 0 Å². The average Bonchev–Trinajstić information content (AvgIpc) is 3.19. The molecule has 1 aliphatic carbocycles. The van der Waals surface area contributed by atoms with Gasteiger partial charge in [-0.25, -0.2) is 13.8 Å². The number of esters is 1. The third-order valence-corrected chi connectivity index (χ3v) is 5.70. The number of aromatic nitrogens is 1. The molecular weight excluding hydrogens is 352 g/mol. The lowest BCUT2D eigenvalue weighted by Crippen LogP contribution is -2.57. The van der Waals surface area contributed by atoms with Crippen LogP contribution >= 0.6 is 0 Å². The molecule has 2 N–H and O–H groups in total. The lowest BCUT2D eigenvalue weighted by atomic mass is 10.0. The van der Waals surface area contributed by atoms with E-state index in [1.165, 1.54) is 12.3 Å². The molecule has 27 heavy (non-hydrogen) atoms. The van der Waals surface area contributed by atoms with E-state index in [-0.39, 0.29) is 23.5 Å². The summed E-state index contributed by atoms with van der Waals surface area (Å²) in [6.07, 6.45) is 4.39. The molecule has 1 aromatic rings. The molecule has 5 nitrogen and oxygen atoms in total. The second-order valence-corrected chi connectivity index (χ2v) is 7.87. The number of rotatable bonds is 9. The van der Waals surface area contributed by atoms with Crippen molar-refractivity contribution in [3.05, 3.63) is 23.9 Å². The Morgan fingerprint density at radius 2 is 2.26 bits per heavy atom. The van der Waals surface area contributed by atoms with Crippen LogP contribution in [-0.4, -0.2) is 29.3 Å². The monoisotopic (exact) mass is 381 g/mol. The molecule has 0 spiro atoms. The third-order valence-electron chi connectivity index (χ3n) is 5.70. The summed E-state index contributed by atoms with van der Waals surface area (Å²) in [5.41, 5.74) is -0.835. The van der Waals surface area contributed by atoms with Crippen molar-refractivity contribution in [2.45, 2.75) is 70.6 Å². The lowest BCUT2D eigenvalue weighted by molar-refractivity contribution is -0.167. The van der Waals surface area contributed by atoms with Crippen LogP contribution in [0.1, 0.15) is 64.4 Å². The van der Waals surface area contributed by atoms with Crippen LogP contribution in [0.5, 0.6) is 0 Å². The van der Waals surface area contributed by atoms with E-state index in [1.54, 1.807) is 6.07 Å². The number of halogens is 2. The normalized spacial score (nSPS) is 27.7. The second-order valence-electron chi connectivity index (χ2n) is 7.87. The molecule has 2 aliphatic rings. The molecule has 0 amide bonds. The quantitative estimate of drug-likeness (QED) is 0.494. The van der Waals surface area contributed by atoms with Crippen molar-refractivity contribution < 1.29 is 18.3 Å². The summed E-state index contributed by atoms with van der Waals surface area (Å²) in [4.78, 5) is 16.7. The van der Waals surface area contributed by atoms with Gasteiger partial charge in [0.1, 0.15) is 5.82 Å². The van der Waals surface area contributed by atoms with Crippen molar-refractivity contribution in [1.29, 1.82) is 0 Å². The molecule has 1 aromatic heterocycles. The fourth-order valence-electron chi connectivity index (χ4n) is 4.07. The molecule has 1 saturated heterocycles. The predicted octanol–water partition coefficient (Wildman–Crippen LogP) is 4.27. The summed E-state index contributed by atoms with van der Waals surface area (Å²) < 4.78 is 31.3. The Balaban J connectivity index is 1.63. The van der Waals surface area contributed by atoms with Crippen molar-refractivity contribution in [2.24, 2.45) is 11.8 Å². The number of pyridine rings is 1. The van der Waals surface area contributed by atoms with Gasteiger partial charge in [0.15, 0.2) is 5.72 Å². The van der Waals surface area contributed by atoms with Crippen molar-refractivity contribution in [3.8, 4) is 0 Å². The molecule has 1 unspecified atom stereocenters. The van der Waals surface area contributed by atoms with E-state index < -0.39 is 12.2 Å². The molecule has 0 aromatic carbocycles. The van der Waals surface area contributed by atoms with E-state index in [4.69, 9.17) is 4.74 Å². The Kier molecular flexibility index (Phi) is 6.29. The number of piperidine rings is 1. The number of unbranched alkanes of at least 4 members (excludes halogenated alkanes) is 2. The van der Waals surface area contributed by atoms with E-state index in [0.717, 1.165) is 45.1 Å². The van der Waals surface area contributed by atoms with Crippen LogP contribution in [0.25, 0.3) is 0 Å². The van der Waals surface area contributed by atoms with Crippen molar-refractivity contribution >= 4 is 11.8 Å². The first-order valence-electron chi connectivity index (χ1n) is 9.92. The molecule has 4 atom stereocenters. The van der Waals surface area contributed by atoms with Crippen LogP contribution in [0, 0.1) is 11.8 Å². The van der Waals surface area contributed by atoms with E-state index in [1.807, 2.05) is 6.92 Å². The smallest absolute Gasteiger partial charge is 0.310 e. The number of carbonyl (C=O) groups is 1. The molecule has 2 heterocycles. The molecule has 2 fully saturated rings. The summed E-state index contributed by atoms with van der Waals surface area (Å²) in [5.74, 6) is 0.654. The van der Waals surface area contributed by atoms with Gasteiger partial charge >= 0.3 is 5.97 Å². The summed E-state index contributed by atoms with van der Waals surface area (Å²) >= 11 is 0. The number of hydrogen-bond acceptors (Lipinski definition) is 5. The molecule has 7 heteroatoms. The summed E-state index contributed by atoms with van der Waals surface area (Å²) in [6, 6.07) is 2.80. The maximum atomic E-state index is 12.7. The molecule has 2 bridgehead atoms. The third kappa shape index (κ3) is 4.57. The number of carbonyl (C=O) groups excluding carboxylic acids is 1. The van der Waals surface area contributed by atoms with E-state index >= 15 is 0 Å². The van der Waals surface area contributed by atoms with Gasteiger partial charge in [-0.3, -0.25) is 10.1 Å². The van der Waals surface area contributed by atoms with Gasteiger partial charge < -0.3 is 10.1 Å². The zero-order chi connectivity index (χ0) is 19.4. The fraction of sp³-hybridized carbons (Fsp3) is 0.700. The van der Waals surface area contributed by atoms with Crippen LogP contribution < -0.4 is 10.6 Å². The Labute approximate surface area is 159 Å². The minimum atomic E-state index is -2.53. The van der Waals surface area contributed by atoms with E-state index in [9.17, 15) is 13.6 Å². The highest BCUT2D eigenvalue weighted by molar-refractivity contribution is 5.72. The number of nitrogens with zero attached hydrogens (tertiary/aromatic N) is 1. The maximum Gasteiger partial charge on any atom is 0.310 e. The number of ether oxygens (including phenoxy) is 1. The number of hydrogen-bond donors (Lipinski definition) is 2. The van der Waals surface area contributed by atoms with Gasteiger partial charge in [-0.15, -0.1) is 0 Å². The fourth-order valence-corrected chi connectivity index (χ4v) is 4.07. The maximum absolute atomic E-state index is 12.7. The van der Waals surface area contributed by atoms with Crippen LogP contribution in [0.3, 0.4) is 0 Å². The standard InChI is InChI=1S/C20H29F2N3O2/c1-3-4-5-6-13(2)19(26)27-20-10-14(11-24-20)9-16(20)25-17-8-7-15(12-23-17)18(21)22/h7-8,12-14,16,18,24H,3-6,9-11H2,1-2H3,(H,23,25)/t13?,14-,16+,20-/m0/s1. The largest absolute Gasteiger partial charge is 0.441 e. The average molecular weight is 381 g/mol. The number of alkyl halides is 2. The van der Waals surface area contributed by atoms with Gasteiger partial charge in [-0.1, -0.05) is 33.1 Å². The van der Waals surface area contributed by atoms with Gasteiger partial charge in [-0.2, -0.15) is 0 Å². The highest BCUT2D eigenvalue weighted by Crippen LogP contribution is 2.42. The van der Waals surface area contributed by atoms with Gasteiger partial charge in [0, 0.05) is 24.7 Å². The summed E-state index contributed by atoms with van der Waals surface area (Å²) in [7, 11) is 0. The van der Waals surface area contributed by atoms with Crippen LogP contribution in [0.15, 0.2) is 18.3 Å². The summed E-state index contributed by atoms with van der Waals surface area (Å²) in [6.45, 7) is 4.89. The van der Waals surface area contributed by atoms with Crippen LogP contribution in [-0.2, 0) is 9.53 Å². The van der Waals surface area contributed by atoms with Crippen molar-refractivity contribution in [3.63, 3.8) is 0 Å². The Bertz CT molecular complexity index is 641. The highest BCUT2D eigenvalue weighted by Gasteiger charge is 2.55. The SMILES string of the molecule is CCCCCC(C)C(=O)O[C@]12C[C@@H](CN1)C[C@H]2Nc1ccc(C(F)F)cn1. The minimum absolute atomic E-state index is 0.103. The molecule has 1 aliphatic heterocycles. The zero-order valence-corrected chi connectivity index (χ0v) is 16.0. The summed E-state index contributed by atoms with van der Waals surface area (Å²) in [5, 5.41) is 6.65. The van der Waals surface area contributed by atoms with E-state index in [0.29, 0.717) is 11.7 Å². The van der Waals surface area contributed by atoms with Crippen molar-refractivity contribution in [2.75, 3.05) is 11.9 Å². The Morgan fingerprint density at radius 1 is 1.44 bits per heavy atom. The number of fused-ring (bicyclic) bond motifs is 2. The minimum Gasteiger partial charge on any atom is -0.441 e. The number of anilines is 1. The van der Waals surface area contributed by atoms with Gasteiger partial charge in [-0.05, 0) is 30.9 Å². The molecule has 150 valence electrons. The van der Waals surface area contributed by atoms with Crippen LogP contribution in [0.2, 0.25) is 0 Å². The van der Waals surface area contributed by atoms with Crippen molar-refractivity contribution in [1.82, 2.24) is 10.3 Å². The highest BCUT2D eigenvalue weighted by atomic mass is 19.3. The molecule has 0 radical (unpaired) electrons. The Hall–Kier alpha value is -1.76. The lowest BCUT2D eigenvalue weighted by Gasteiger charge is -2.36.